The molecule has 0 aliphatic carbocycles. The summed E-state index contributed by atoms with van der Waals surface area (Å²) in [5.74, 6) is 0.0549. The number of H-pyrrole nitrogens is 1. The lowest BCUT2D eigenvalue weighted by Gasteiger charge is -2.35. The summed E-state index contributed by atoms with van der Waals surface area (Å²) in [7, 11) is 0. The van der Waals surface area contributed by atoms with Crippen LogP contribution in [0.2, 0.25) is 0 Å². The number of aromatic nitrogens is 2. The summed E-state index contributed by atoms with van der Waals surface area (Å²) in [5.41, 5.74) is 2.36. The zero-order chi connectivity index (χ0) is 22.5. The maximum absolute atomic E-state index is 12.6. The van der Waals surface area contributed by atoms with Gasteiger partial charge in [-0.1, -0.05) is 11.3 Å². The number of aromatic amines is 1. The largest absolute Gasteiger partial charge is 0.435 e. The van der Waals surface area contributed by atoms with Crippen molar-refractivity contribution in [1.82, 2.24) is 15.3 Å². The second kappa shape index (κ2) is 8.00. The molecule has 32 heavy (non-hydrogen) atoms. The van der Waals surface area contributed by atoms with Crippen molar-refractivity contribution in [3.63, 3.8) is 0 Å². The molecule has 2 aromatic heterocycles. The van der Waals surface area contributed by atoms with Crippen LogP contribution in [-0.2, 0) is 17.6 Å². The van der Waals surface area contributed by atoms with E-state index in [0.29, 0.717) is 37.5 Å². The van der Waals surface area contributed by atoms with E-state index in [0.717, 1.165) is 27.3 Å². The van der Waals surface area contributed by atoms with Gasteiger partial charge in [0.05, 0.1) is 24.9 Å². The molecule has 2 aliphatic heterocycles. The van der Waals surface area contributed by atoms with E-state index in [1.165, 1.54) is 17.4 Å². The van der Waals surface area contributed by atoms with Crippen LogP contribution in [0.3, 0.4) is 0 Å². The third-order valence-corrected chi connectivity index (χ3v) is 6.98. The van der Waals surface area contributed by atoms with Crippen molar-refractivity contribution in [2.75, 3.05) is 24.7 Å². The number of hydrogen-bond acceptors (Lipinski definition) is 6. The number of benzene rings is 1. The average Bonchev–Trinajstić information content (AvgIpc) is 3.31. The fourth-order valence-corrected chi connectivity index (χ4v) is 5.49. The van der Waals surface area contributed by atoms with Gasteiger partial charge in [-0.15, -0.1) is 0 Å². The summed E-state index contributed by atoms with van der Waals surface area (Å²) < 4.78 is 35.6. The predicted molar refractivity (Wildman–Crippen MR) is 118 cm³/mol. The fourth-order valence-electron chi connectivity index (χ4n) is 4.42. The van der Waals surface area contributed by atoms with E-state index >= 15 is 0 Å². The highest BCUT2D eigenvalue weighted by molar-refractivity contribution is 7.17. The smallest absolute Gasteiger partial charge is 0.387 e. The number of morpholine rings is 1. The van der Waals surface area contributed by atoms with Crippen LogP contribution in [0.15, 0.2) is 24.4 Å². The first-order chi connectivity index (χ1) is 15.3. The van der Waals surface area contributed by atoms with Crippen LogP contribution in [0.25, 0.3) is 10.9 Å². The Morgan fingerprint density at radius 1 is 1.41 bits per heavy atom. The Balaban J connectivity index is 1.42. The van der Waals surface area contributed by atoms with Gasteiger partial charge in [0, 0.05) is 35.6 Å². The molecule has 0 bridgehead atoms. The summed E-state index contributed by atoms with van der Waals surface area (Å²) in [4.78, 5) is 23.4. The number of carbonyl (C=O) groups excluding carboxylic acids is 1. The zero-order valence-electron chi connectivity index (χ0n) is 17.8. The van der Waals surface area contributed by atoms with E-state index in [9.17, 15) is 13.6 Å². The quantitative estimate of drug-likeness (QED) is 0.604. The second-order valence-electron chi connectivity index (χ2n) is 8.81. The van der Waals surface area contributed by atoms with Gasteiger partial charge in [0.2, 0.25) is 0 Å². The van der Waals surface area contributed by atoms with Crippen LogP contribution < -0.4 is 15.0 Å². The number of carbonyl (C=O) groups is 1. The molecule has 5 rings (SSSR count). The highest BCUT2D eigenvalue weighted by atomic mass is 32.1. The summed E-state index contributed by atoms with van der Waals surface area (Å²) in [6, 6.07) is 4.90. The number of thiazole rings is 1. The number of halogens is 2. The number of fused-ring (bicyclic) bond motifs is 2. The van der Waals surface area contributed by atoms with Crippen molar-refractivity contribution in [3.8, 4) is 5.75 Å². The minimum absolute atomic E-state index is 0.00565. The number of alkyl halides is 2. The number of amides is 1. The molecule has 0 unspecified atom stereocenters. The molecule has 2 aliphatic rings. The molecule has 1 aromatic carbocycles. The maximum Gasteiger partial charge on any atom is 0.387 e. The molecule has 4 heterocycles. The van der Waals surface area contributed by atoms with E-state index in [2.05, 4.69) is 19.9 Å². The lowest BCUT2D eigenvalue weighted by atomic mass is 9.94. The normalized spacial score (nSPS) is 20.5. The Morgan fingerprint density at radius 2 is 2.25 bits per heavy atom. The molecule has 1 saturated heterocycles. The highest BCUT2D eigenvalue weighted by Crippen LogP contribution is 2.35. The third kappa shape index (κ3) is 4.04. The van der Waals surface area contributed by atoms with E-state index in [1.54, 1.807) is 12.1 Å². The van der Waals surface area contributed by atoms with Gasteiger partial charge in [0.15, 0.2) is 5.13 Å². The molecule has 0 radical (unpaired) electrons. The first-order valence-electron chi connectivity index (χ1n) is 10.5. The first kappa shape index (κ1) is 21.1. The van der Waals surface area contributed by atoms with Crippen LogP contribution in [0, 0.1) is 0 Å². The first-order valence-corrected chi connectivity index (χ1v) is 11.3. The lowest BCUT2D eigenvalue weighted by molar-refractivity contribution is -0.0497. The molecule has 0 saturated carbocycles. The molecular formula is C22H24F2N4O3S. The van der Waals surface area contributed by atoms with Gasteiger partial charge in [0.25, 0.3) is 5.91 Å². The van der Waals surface area contributed by atoms with Gasteiger partial charge in [-0.05, 0) is 44.0 Å². The Labute approximate surface area is 187 Å². The van der Waals surface area contributed by atoms with Gasteiger partial charge >= 0.3 is 6.61 Å². The standard InChI is InChI=1S/C22H24F2N4O3S/c1-22(2)9-17-18(19(29)27-22)32-21(26-17)28-5-6-30-11-13(28)7-12-10-25-16-4-3-14(8-15(12)16)31-20(23)24/h3-4,8,10,13,20,25H,5-7,9,11H2,1-2H3,(H,27,29)/t13-/m0/s1. The average molecular weight is 463 g/mol. The molecule has 7 nitrogen and oxygen atoms in total. The minimum Gasteiger partial charge on any atom is -0.435 e. The monoisotopic (exact) mass is 462 g/mol. The molecular weight excluding hydrogens is 438 g/mol. The number of nitrogens with zero attached hydrogens (tertiary/aromatic N) is 2. The van der Waals surface area contributed by atoms with Crippen molar-refractivity contribution in [2.24, 2.45) is 0 Å². The Morgan fingerprint density at radius 3 is 3.06 bits per heavy atom. The predicted octanol–water partition coefficient (Wildman–Crippen LogP) is 3.74. The Kier molecular flexibility index (Phi) is 5.29. The minimum atomic E-state index is -2.87. The van der Waals surface area contributed by atoms with Crippen molar-refractivity contribution in [2.45, 2.75) is 44.9 Å². The molecule has 1 amide bonds. The fraction of sp³-hybridized carbons (Fsp3) is 0.455. The van der Waals surface area contributed by atoms with E-state index < -0.39 is 6.61 Å². The topological polar surface area (TPSA) is 79.5 Å². The molecule has 3 aromatic rings. The number of hydrogen-bond donors (Lipinski definition) is 2. The van der Waals surface area contributed by atoms with Crippen LogP contribution in [0.4, 0.5) is 13.9 Å². The van der Waals surface area contributed by atoms with Crippen molar-refractivity contribution < 1.29 is 23.0 Å². The summed E-state index contributed by atoms with van der Waals surface area (Å²) >= 11 is 1.42. The SMILES string of the molecule is CC1(C)Cc2nc(N3CCOC[C@@H]3Cc3c[nH]c4ccc(OC(F)F)cc34)sc2C(=O)N1. The number of rotatable bonds is 5. The van der Waals surface area contributed by atoms with Crippen molar-refractivity contribution >= 4 is 33.3 Å². The highest BCUT2D eigenvalue weighted by Gasteiger charge is 2.35. The molecule has 0 spiro atoms. The zero-order valence-corrected chi connectivity index (χ0v) is 18.6. The van der Waals surface area contributed by atoms with Crippen molar-refractivity contribution in [3.05, 3.63) is 40.5 Å². The molecule has 2 N–H and O–H groups in total. The summed E-state index contributed by atoms with van der Waals surface area (Å²) in [6.45, 7) is 2.89. The summed E-state index contributed by atoms with van der Waals surface area (Å²) in [6.07, 6.45) is 3.22. The number of nitrogens with one attached hydrogen (secondary N) is 2. The van der Waals surface area contributed by atoms with E-state index in [1.807, 2.05) is 20.0 Å². The molecule has 1 fully saturated rings. The van der Waals surface area contributed by atoms with Crippen molar-refractivity contribution in [1.29, 1.82) is 0 Å². The van der Waals surface area contributed by atoms with Crippen LogP contribution >= 0.6 is 11.3 Å². The van der Waals surface area contributed by atoms with E-state index in [-0.39, 0.29) is 23.2 Å². The molecule has 10 heteroatoms. The third-order valence-electron chi connectivity index (χ3n) is 5.85. The second-order valence-corrected chi connectivity index (χ2v) is 9.79. The van der Waals surface area contributed by atoms with Crippen LogP contribution in [-0.4, -0.2) is 53.8 Å². The maximum atomic E-state index is 12.6. The van der Waals surface area contributed by atoms with Crippen LogP contribution in [0.1, 0.15) is 34.8 Å². The van der Waals surface area contributed by atoms with Gasteiger partial charge < -0.3 is 24.7 Å². The molecule has 1 atom stereocenters. The van der Waals surface area contributed by atoms with E-state index in [4.69, 9.17) is 9.72 Å². The van der Waals surface area contributed by atoms with Gasteiger partial charge in [-0.3, -0.25) is 4.79 Å². The van der Waals surface area contributed by atoms with Crippen LogP contribution in [0.5, 0.6) is 5.75 Å². The van der Waals surface area contributed by atoms with Gasteiger partial charge in [-0.25, -0.2) is 4.98 Å². The summed E-state index contributed by atoms with van der Waals surface area (Å²) in [5, 5.41) is 4.69. The lowest BCUT2D eigenvalue weighted by Crippen LogP contribution is -2.48. The number of ether oxygens (including phenoxy) is 2. The Hall–Kier alpha value is -2.72. The van der Waals surface area contributed by atoms with Gasteiger partial charge in [0.1, 0.15) is 10.6 Å². The number of anilines is 1. The van der Waals surface area contributed by atoms with Gasteiger partial charge in [-0.2, -0.15) is 8.78 Å². The Bertz CT molecular complexity index is 1160. The molecule has 170 valence electrons.